The van der Waals surface area contributed by atoms with Crippen LogP contribution in [0.2, 0.25) is 0 Å². The molecule has 1 aliphatic heterocycles. The summed E-state index contributed by atoms with van der Waals surface area (Å²) < 4.78 is 5.92. The van der Waals surface area contributed by atoms with Gasteiger partial charge in [-0.15, -0.1) is 0 Å². The van der Waals surface area contributed by atoms with Crippen molar-refractivity contribution in [1.82, 2.24) is 0 Å². The van der Waals surface area contributed by atoms with Gasteiger partial charge in [-0.3, -0.25) is 0 Å². The summed E-state index contributed by atoms with van der Waals surface area (Å²) in [7, 11) is 0. The summed E-state index contributed by atoms with van der Waals surface area (Å²) >= 11 is 0. The van der Waals surface area contributed by atoms with Crippen LogP contribution in [0.15, 0.2) is 0 Å². The predicted octanol–water partition coefficient (Wildman–Crippen LogP) is 3.13. The molecule has 0 aromatic rings. The van der Waals surface area contributed by atoms with E-state index in [1.165, 1.54) is 25.7 Å². The molecule has 130 valence electrons. The molecule has 3 nitrogen and oxygen atoms in total. The fraction of sp³-hybridized carbons (Fsp3) is 1.00. The molecule has 0 amide bonds. The smallest absolute Gasteiger partial charge is 0.0905 e. The van der Waals surface area contributed by atoms with Crippen LogP contribution in [0.4, 0.5) is 0 Å². The summed E-state index contributed by atoms with van der Waals surface area (Å²) in [5.74, 6) is 1.89. The molecule has 5 fully saturated rings. The summed E-state index contributed by atoms with van der Waals surface area (Å²) in [5.41, 5.74) is 0.437. The molecule has 1 saturated heterocycles. The second-order valence-corrected chi connectivity index (χ2v) is 10.1. The molecule has 0 aromatic heterocycles. The van der Waals surface area contributed by atoms with Gasteiger partial charge in [-0.1, -0.05) is 13.8 Å². The Morgan fingerprint density at radius 3 is 2.57 bits per heavy atom. The summed E-state index contributed by atoms with van der Waals surface area (Å²) in [6.45, 7) is 5.99. The molecule has 8 atom stereocenters. The van der Waals surface area contributed by atoms with Gasteiger partial charge in [0.2, 0.25) is 0 Å². The Bertz CT molecular complexity index is 535. The molecule has 23 heavy (non-hydrogen) atoms. The highest BCUT2D eigenvalue weighted by molar-refractivity contribution is 5.20. The highest BCUT2D eigenvalue weighted by Gasteiger charge is 2.71. The van der Waals surface area contributed by atoms with E-state index in [1.54, 1.807) is 0 Å². The fourth-order valence-electron chi connectivity index (χ4n) is 8.35. The van der Waals surface area contributed by atoms with Crippen molar-refractivity contribution in [3.8, 4) is 0 Å². The number of ether oxygens (including phenoxy) is 1. The first-order chi connectivity index (χ1) is 10.9. The van der Waals surface area contributed by atoms with Crippen molar-refractivity contribution in [2.45, 2.75) is 76.9 Å². The maximum atomic E-state index is 10.9. The molecule has 3 heteroatoms. The maximum absolute atomic E-state index is 10.9. The molecule has 4 saturated carbocycles. The minimum atomic E-state index is -0.796. The number of hydrogen-bond acceptors (Lipinski definition) is 3. The quantitative estimate of drug-likeness (QED) is 0.780. The molecule has 1 heterocycles. The van der Waals surface area contributed by atoms with Crippen LogP contribution >= 0.6 is 0 Å². The monoisotopic (exact) mass is 320 g/mol. The summed E-state index contributed by atoms with van der Waals surface area (Å²) in [6, 6.07) is 0. The van der Waals surface area contributed by atoms with Gasteiger partial charge in [0.25, 0.3) is 0 Å². The van der Waals surface area contributed by atoms with E-state index < -0.39 is 5.60 Å². The predicted molar refractivity (Wildman–Crippen MR) is 87.8 cm³/mol. The molecule has 5 unspecified atom stereocenters. The standard InChI is InChI=1S/C20H32O3/c1-17-12-23-16(17)5-6-18(2)15(17)4-3-13-9-14-10-19(13,18)7-8-20(14,22)11-21/h13-16,21-22H,3-12H2,1-2H3/t13?,14?,15?,16?,17-,18-,19?,20-/m0/s1. The van der Waals surface area contributed by atoms with Crippen LogP contribution in [0.25, 0.3) is 0 Å². The van der Waals surface area contributed by atoms with Crippen molar-refractivity contribution < 1.29 is 14.9 Å². The van der Waals surface area contributed by atoms with Crippen molar-refractivity contribution in [1.29, 1.82) is 0 Å². The van der Waals surface area contributed by atoms with E-state index in [0.29, 0.717) is 28.3 Å². The lowest BCUT2D eigenvalue weighted by molar-refractivity contribution is -0.289. The van der Waals surface area contributed by atoms with Crippen molar-refractivity contribution in [3.63, 3.8) is 0 Å². The van der Waals surface area contributed by atoms with E-state index in [9.17, 15) is 10.2 Å². The van der Waals surface area contributed by atoms with Crippen LogP contribution in [0.1, 0.15) is 65.2 Å². The lowest BCUT2D eigenvalue weighted by Gasteiger charge is -2.69. The topological polar surface area (TPSA) is 49.7 Å². The number of fused-ring (bicyclic) bond motifs is 4. The van der Waals surface area contributed by atoms with Crippen LogP contribution in [-0.4, -0.2) is 35.1 Å². The zero-order valence-corrected chi connectivity index (χ0v) is 14.7. The second-order valence-electron chi connectivity index (χ2n) is 10.1. The van der Waals surface area contributed by atoms with Gasteiger partial charge in [0, 0.05) is 5.41 Å². The first-order valence-electron chi connectivity index (χ1n) is 9.83. The Hall–Kier alpha value is -0.120. The van der Waals surface area contributed by atoms with Crippen LogP contribution in [0.5, 0.6) is 0 Å². The molecule has 2 N–H and O–H groups in total. The Labute approximate surface area is 139 Å². The Morgan fingerprint density at radius 1 is 1.04 bits per heavy atom. The minimum absolute atomic E-state index is 0.0474. The normalized spacial score (nSPS) is 63.7. The third-order valence-corrected chi connectivity index (χ3v) is 9.76. The molecule has 0 aromatic carbocycles. The second kappa shape index (κ2) is 4.34. The van der Waals surface area contributed by atoms with E-state index in [-0.39, 0.29) is 6.61 Å². The minimum Gasteiger partial charge on any atom is -0.393 e. The average Bonchev–Trinajstić information content (AvgIpc) is 2.87. The van der Waals surface area contributed by atoms with E-state index in [4.69, 9.17) is 4.74 Å². The molecule has 5 aliphatic rings. The lowest BCUT2D eigenvalue weighted by Crippen LogP contribution is -2.67. The molecule has 5 rings (SSSR count). The van der Waals surface area contributed by atoms with Gasteiger partial charge >= 0.3 is 0 Å². The highest BCUT2D eigenvalue weighted by atomic mass is 16.5. The Balaban J connectivity index is 1.55. The Kier molecular flexibility index (Phi) is 2.86. The third kappa shape index (κ3) is 1.54. The van der Waals surface area contributed by atoms with Gasteiger partial charge in [0.05, 0.1) is 24.9 Å². The molecule has 2 bridgehead atoms. The van der Waals surface area contributed by atoms with Gasteiger partial charge in [-0.2, -0.15) is 0 Å². The van der Waals surface area contributed by atoms with Gasteiger partial charge in [-0.05, 0) is 80.0 Å². The molecule has 4 aliphatic carbocycles. The molecule has 0 radical (unpaired) electrons. The molecular formula is C20H32O3. The van der Waals surface area contributed by atoms with Crippen molar-refractivity contribution in [3.05, 3.63) is 0 Å². The van der Waals surface area contributed by atoms with Crippen molar-refractivity contribution in [2.24, 2.45) is 34.0 Å². The summed E-state index contributed by atoms with van der Waals surface area (Å²) in [4.78, 5) is 0. The van der Waals surface area contributed by atoms with Gasteiger partial charge < -0.3 is 14.9 Å². The largest absolute Gasteiger partial charge is 0.393 e. The number of aliphatic hydroxyl groups is 2. The van der Waals surface area contributed by atoms with Gasteiger partial charge in [0.15, 0.2) is 0 Å². The lowest BCUT2D eigenvalue weighted by atomic mass is 9.38. The zero-order chi connectivity index (χ0) is 16.1. The molecular weight excluding hydrogens is 288 g/mol. The van der Waals surface area contributed by atoms with Crippen molar-refractivity contribution in [2.75, 3.05) is 13.2 Å². The number of aliphatic hydroxyl groups excluding tert-OH is 1. The fourth-order valence-corrected chi connectivity index (χ4v) is 8.35. The van der Waals surface area contributed by atoms with Gasteiger partial charge in [0.1, 0.15) is 0 Å². The maximum Gasteiger partial charge on any atom is 0.0905 e. The van der Waals surface area contributed by atoms with Crippen LogP contribution in [0, 0.1) is 34.0 Å². The van der Waals surface area contributed by atoms with Gasteiger partial charge in [-0.25, -0.2) is 0 Å². The third-order valence-electron chi connectivity index (χ3n) is 9.76. The number of hydrogen-bond donors (Lipinski definition) is 2. The van der Waals surface area contributed by atoms with Crippen LogP contribution < -0.4 is 0 Å². The highest BCUT2D eigenvalue weighted by Crippen LogP contribution is 2.76. The Morgan fingerprint density at radius 2 is 1.87 bits per heavy atom. The van der Waals surface area contributed by atoms with Crippen molar-refractivity contribution >= 4 is 0 Å². The number of rotatable bonds is 1. The SMILES string of the molecule is C[C@@]12COC1CC[C@@]1(C)C2CCC2CC3CC21CC[C@]3(O)CO. The van der Waals surface area contributed by atoms with E-state index >= 15 is 0 Å². The first-order valence-corrected chi connectivity index (χ1v) is 9.83. The van der Waals surface area contributed by atoms with E-state index in [2.05, 4.69) is 13.8 Å². The average molecular weight is 320 g/mol. The van der Waals surface area contributed by atoms with E-state index in [0.717, 1.165) is 44.1 Å². The zero-order valence-electron chi connectivity index (χ0n) is 14.7. The van der Waals surface area contributed by atoms with Crippen LogP contribution in [-0.2, 0) is 4.74 Å². The van der Waals surface area contributed by atoms with Crippen LogP contribution in [0.3, 0.4) is 0 Å². The summed E-state index contributed by atoms with van der Waals surface area (Å²) in [6.07, 6.45) is 9.96. The molecule has 1 spiro atoms. The first kappa shape index (κ1) is 15.2. The van der Waals surface area contributed by atoms with E-state index in [1.807, 2.05) is 0 Å². The summed E-state index contributed by atoms with van der Waals surface area (Å²) in [5, 5.41) is 20.6.